The summed E-state index contributed by atoms with van der Waals surface area (Å²) in [5.74, 6) is 0. The van der Waals surface area contributed by atoms with Crippen LogP contribution in [-0.2, 0) is 16.2 Å². The minimum absolute atomic E-state index is 0.148. The van der Waals surface area contributed by atoms with E-state index in [9.17, 15) is 21.6 Å². The number of benzene rings is 1. The Hall–Kier alpha value is -1.12. The molecule has 0 aromatic heterocycles. The summed E-state index contributed by atoms with van der Waals surface area (Å²) in [5.41, 5.74) is 4.04. The Morgan fingerprint density at radius 2 is 1.90 bits per heavy atom. The molecule has 0 spiro atoms. The van der Waals surface area contributed by atoms with Gasteiger partial charge in [0.15, 0.2) is 0 Å². The van der Waals surface area contributed by atoms with Crippen LogP contribution in [0.4, 0.5) is 13.2 Å². The third kappa shape index (κ3) is 4.19. The lowest BCUT2D eigenvalue weighted by Gasteiger charge is -2.14. The average Bonchev–Trinajstić information content (AvgIpc) is 2.33. The molecule has 0 heterocycles. The summed E-state index contributed by atoms with van der Waals surface area (Å²) in [4.78, 5) is -0.347. The van der Waals surface area contributed by atoms with Crippen LogP contribution in [0, 0.1) is 6.92 Å². The van der Waals surface area contributed by atoms with Crippen LogP contribution >= 0.6 is 0 Å². The Morgan fingerprint density at radius 3 is 2.45 bits per heavy atom. The first-order chi connectivity index (χ1) is 9.20. The van der Waals surface area contributed by atoms with Gasteiger partial charge in [-0.25, -0.2) is 13.1 Å². The van der Waals surface area contributed by atoms with Gasteiger partial charge in [-0.3, -0.25) is 0 Å². The molecule has 8 heteroatoms. The fourth-order valence-corrected chi connectivity index (χ4v) is 3.11. The van der Waals surface area contributed by atoms with E-state index in [1.54, 1.807) is 0 Å². The molecule has 4 nitrogen and oxygen atoms in total. The Labute approximate surface area is 116 Å². The maximum Gasteiger partial charge on any atom is 0.416 e. The van der Waals surface area contributed by atoms with E-state index in [1.165, 1.54) is 0 Å². The Morgan fingerprint density at radius 1 is 1.25 bits per heavy atom. The van der Waals surface area contributed by atoms with Gasteiger partial charge in [0.05, 0.1) is 10.5 Å². The number of unbranched alkanes of at least 4 members (excludes halogenated alkanes) is 1. The minimum Gasteiger partial charge on any atom is -0.330 e. The minimum atomic E-state index is -4.57. The molecule has 1 aromatic carbocycles. The summed E-state index contributed by atoms with van der Waals surface area (Å²) < 4.78 is 64.5. The van der Waals surface area contributed by atoms with Gasteiger partial charge in [0.25, 0.3) is 0 Å². The summed E-state index contributed by atoms with van der Waals surface area (Å²) in [6.07, 6.45) is -3.40. The number of sulfonamides is 1. The molecule has 0 aliphatic carbocycles. The normalized spacial score (nSPS) is 12.7. The third-order valence-electron chi connectivity index (χ3n) is 2.80. The zero-order chi connectivity index (χ0) is 15.4. The lowest BCUT2D eigenvalue weighted by Crippen LogP contribution is -2.26. The molecule has 0 aliphatic heterocycles. The van der Waals surface area contributed by atoms with Crippen molar-refractivity contribution in [2.45, 2.75) is 30.8 Å². The predicted molar refractivity (Wildman–Crippen MR) is 69.7 cm³/mol. The largest absolute Gasteiger partial charge is 0.416 e. The van der Waals surface area contributed by atoms with Crippen LogP contribution in [0.1, 0.15) is 24.0 Å². The highest BCUT2D eigenvalue weighted by Crippen LogP contribution is 2.34. The van der Waals surface area contributed by atoms with Crippen LogP contribution in [-0.4, -0.2) is 21.5 Å². The molecule has 3 N–H and O–H groups in total. The molecule has 20 heavy (non-hydrogen) atoms. The molecular formula is C12H17F3N2O2S. The lowest BCUT2D eigenvalue weighted by atomic mass is 10.1. The first-order valence-electron chi connectivity index (χ1n) is 6.06. The van der Waals surface area contributed by atoms with Gasteiger partial charge in [0.2, 0.25) is 10.0 Å². The van der Waals surface area contributed by atoms with E-state index in [1.807, 2.05) is 0 Å². The molecule has 0 saturated heterocycles. The van der Waals surface area contributed by atoms with Gasteiger partial charge >= 0.3 is 6.18 Å². The van der Waals surface area contributed by atoms with Gasteiger partial charge in [-0.1, -0.05) is 6.07 Å². The van der Waals surface area contributed by atoms with Crippen LogP contribution in [0.15, 0.2) is 23.1 Å². The molecular weight excluding hydrogens is 293 g/mol. The third-order valence-corrected chi connectivity index (χ3v) is 4.41. The summed E-state index contributed by atoms with van der Waals surface area (Å²) in [7, 11) is -3.95. The molecule has 0 saturated carbocycles. The van der Waals surface area contributed by atoms with Crippen molar-refractivity contribution in [3.8, 4) is 0 Å². The SMILES string of the molecule is Cc1c(C(F)(F)F)cccc1S(=O)(=O)NCCCCN. The second-order valence-corrected chi connectivity index (χ2v) is 6.06. The van der Waals surface area contributed by atoms with Gasteiger partial charge in [-0.15, -0.1) is 0 Å². The Bertz CT molecular complexity index is 556. The zero-order valence-corrected chi connectivity index (χ0v) is 11.8. The number of hydrogen-bond acceptors (Lipinski definition) is 3. The zero-order valence-electron chi connectivity index (χ0n) is 11.0. The number of halogens is 3. The average molecular weight is 310 g/mol. The first kappa shape index (κ1) is 16.9. The predicted octanol–water partition coefficient (Wildman–Crippen LogP) is 2.03. The molecule has 0 fully saturated rings. The van der Waals surface area contributed by atoms with Gasteiger partial charge in [-0.05, 0) is 44.0 Å². The number of rotatable bonds is 6. The van der Waals surface area contributed by atoms with Crippen molar-refractivity contribution >= 4 is 10.0 Å². The van der Waals surface area contributed by atoms with E-state index < -0.39 is 21.8 Å². The van der Waals surface area contributed by atoms with E-state index >= 15 is 0 Å². The first-order valence-corrected chi connectivity index (χ1v) is 7.55. The van der Waals surface area contributed by atoms with Gasteiger partial charge in [0, 0.05) is 6.54 Å². The fraction of sp³-hybridized carbons (Fsp3) is 0.500. The van der Waals surface area contributed by atoms with Gasteiger partial charge in [0.1, 0.15) is 0 Å². The maximum absolute atomic E-state index is 12.7. The van der Waals surface area contributed by atoms with Crippen LogP contribution < -0.4 is 10.5 Å². The quantitative estimate of drug-likeness (QED) is 0.790. The number of hydrogen-bond donors (Lipinski definition) is 2. The van der Waals surface area contributed by atoms with Crippen LogP contribution in [0.5, 0.6) is 0 Å². The summed E-state index contributed by atoms with van der Waals surface area (Å²) in [6, 6.07) is 3.11. The topological polar surface area (TPSA) is 72.2 Å². The van der Waals surface area contributed by atoms with E-state index in [4.69, 9.17) is 5.73 Å². The van der Waals surface area contributed by atoms with Gasteiger partial charge < -0.3 is 5.73 Å². The van der Waals surface area contributed by atoms with Crippen LogP contribution in [0.2, 0.25) is 0 Å². The molecule has 114 valence electrons. The molecule has 0 radical (unpaired) electrons. The van der Waals surface area contributed by atoms with Crippen LogP contribution in [0.25, 0.3) is 0 Å². The maximum atomic E-state index is 12.7. The highest BCUT2D eigenvalue weighted by Gasteiger charge is 2.34. The van der Waals surface area contributed by atoms with E-state index in [0.717, 1.165) is 25.1 Å². The highest BCUT2D eigenvalue weighted by atomic mass is 32.2. The second-order valence-electron chi connectivity index (χ2n) is 4.32. The van der Waals surface area contributed by atoms with Gasteiger partial charge in [-0.2, -0.15) is 13.2 Å². The molecule has 1 aromatic rings. The number of alkyl halides is 3. The van der Waals surface area contributed by atoms with Crippen molar-refractivity contribution in [1.82, 2.24) is 4.72 Å². The highest BCUT2D eigenvalue weighted by molar-refractivity contribution is 7.89. The number of nitrogens with one attached hydrogen (secondary N) is 1. The van der Waals surface area contributed by atoms with Crippen LogP contribution in [0.3, 0.4) is 0 Å². The van der Waals surface area contributed by atoms with Crippen molar-refractivity contribution in [3.05, 3.63) is 29.3 Å². The van der Waals surface area contributed by atoms with Crippen molar-refractivity contribution in [2.75, 3.05) is 13.1 Å². The standard InChI is InChI=1S/C12H17F3N2O2S/c1-9-10(12(13,14)15)5-4-6-11(9)20(18,19)17-8-3-2-7-16/h4-6,17H,2-3,7-8,16H2,1H3. The lowest BCUT2D eigenvalue weighted by molar-refractivity contribution is -0.138. The molecule has 0 amide bonds. The molecule has 0 atom stereocenters. The Kier molecular flexibility index (Phi) is 5.55. The van der Waals surface area contributed by atoms with Crippen molar-refractivity contribution < 1.29 is 21.6 Å². The van der Waals surface area contributed by atoms with E-state index in [-0.39, 0.29) is 17.0 Å². The summed E-state index contributed by atoms with van der Waals surface area (Å²) in [5, 5.41) is 0. The number of nitrogens with two attached hydrogens (primary N) is 1. The monoisotopic (exact) mass is 310 g/mol. The molecule has 0 aliphatic rings. The fourth-order valence-electron chi connectivity index (χ4n) is 1.77. The molecule has 0 bridgehead atoms. The van der Waals surface area contributed by atoms with E-state index in [2.05, 4.69) is 4.72 Å². The summed E-state index contributed by atoms with van der Waals surface area (Å²) in [6.45, 7) is 1.73. The second kappa shape index (κ2) is 6.55. The van der Waals surface area contributed by atoms with E-state index in [0.29, 0.717) is 19.4 Å². The molecule has 0 unspecified atom stereocenters. The Balaban J connectivity index is 3.02. The van der Waals surface area contributed by atoms with Crippen molar-refractivity contribution in [3.63, 3.8) is 0 Å². The van der Waals surface area contributed by atoms with Crippen molar-refractivity contribution in [2.24, 2.45) is 5.73 Å². The molecule has 1 rings (SSSR count). The summed E-state index contributed by atoms with van der Waals surface area (Å²) >= 11 is 0. The van der Waals surface area contributed by atoms with Crippen molar-refractivity contribution in [1.29, 1.82) is 0 Å². The smallest absolute Gasteiger partial charge is 0.330 e.